The second kappa shape index (κ2) is 7.50. The fourth-order valence-electron chi connectivity index (χ4n) is 3.76. The zero-order valence-electron chi connectivity index (χ0n) is 15.9. The molecule has 0 fully saturated rings. The van der Waals surface area contributed by atoms with Crippen LogP contribution in [-0.4, -0.2) is 48.5 Å². The smallest absolute Gasteiger partial charge is 0.355 e. The summed E-state index contributed by atoms with van der Waals surface area (Å²) in [4.78, 5) is 27.5. The van der Waals surface area contributed by atoms with Gasteiger partial charge >= 0.3 is 5.97 Å². The number of fused-ring (bicyclic) bond motifs is 1. The average Bonchev–Trinajstić information content (AvgIpc) is 3.20. The highest BCUT2D eigenvalue weighted by Crippen LogP contribution is 2.37. The monoisotopic (exact) mass is 358 g/mol. The minimum absolute atomic E-state index is 0.00690. The molecule has 0 bridgehead atoms. The summed E-state index contributed by atoms with van der Waals surface area (Å²) in [6.45, 7) is 5.35. The van der Waals surface area contributed by atoms with Gasteiger partial charge in [0.1, 0.15) is 11.5 Å². The van der Waals surface area contributed by atoms with Crippen molar-refractivity contribution in [2.24, 2.45) is 0 Å². The van der Waals surface area contributed by atoms with Crippen LogP contribution in [0.4, 0.5) is 0 Å². The Morgan fingerprint density at radius 2 is 2.15 bits per heavy atom. The van der Waals surface area contributed by atoms with Crippen LogP contribution >= 0.6 is 0 Å². The predicted octanol–water partition coefficient (Wildman–Crippen LogP) is 3.04. The minimum atomic E-state index is -0.361. The van der Waals surface area contributed by atoms with Gasteiger partial charge < -0.3 is 18.6 Å². The van der Waals surface area contributed by atoms with E-state index in [-0.39, 0.29) is 17.7 Å². The number of aromatic nitrogens is 1. The third-order valence-corrected chi connectivity index (χ3v) is 4.95. The molecule has 2 aromatic heterocycles. The van der Waals surface area contributed by atoms with Gasteiger partial charge in [0.2, 0.25) is 0 Å². The van der Waals surface area contributed by atoms with Crippen molar-refractivity contribution in [1.29, 1.82) is 0 Å². The van der Waals surface area contributed by atoms with Crippen molar-refractivity contribution >= 4 is 11.8 Å². The summed E-state index contributed by atoms with van der Waals surface area (Å²) < 4.78 is 12.8. The average molecular weight is 358 g/mol. The summed E-state index contributed by atoms with van der Waals surface area (Å²) in [5.41, 5.74) is 2.85. The number of ketones is 1. The molecular formula is C20H26N2O4. The van der Waals surface area contributed by atoms with Gasteiger partial charge in [-0.25, -0.2) is 4.79 Å². The van der Waals surface area contributed by atoms with Gasteiger partial charge in [0.05, 0.1) is 12.9 Å². The fourth-order valence-corrected chi connectivity index (χ4v) is 3.76. The first-order valence-corrected chi connectivity index (χ1v) is 9.04. The first-order chi connectivity index (χ1) is 12.4. The Labute approximate surface area is 153 Å². The van der Waals surface area contributed by atoms with Crippen LogP contribution in [0.5, 0.6) is 0 Å². The molecule has 140 valence electrons. The summed E-state index contributed by atoms with van der Waals surface area (Å²) in [6, 6.07) is 3.75. The molecule has 0 aliphatic heterocycles. The van der Waals surface area contributed by atoms with Crippen molar-refractivity contribution in [3.8, 4) is 0 Å². The van der Waals surface area contributed by atoms with Crippen molar-refractivity contribution in [2.45, 2.75) is 39.2 Å². The molecule has 0 spiro atoms. The standard InChI is InChI=1S/C20H26N2O4/c1-5-25-20(24)19-13(2)18-15(22(19)9-8-21(3)4)11-14(12-16(18)23)17-7-6-10-26-17/h6-7,10,14H,5,8-9,11-12H2,1-4H3. The Hall–Kier alpha value is -2.34. The van der Waals surface area contributed by atoms with Crippen molar-refractivity contribution in [3.63, 3.8) is 0 Å². The predicted molar refractivity (Wildman–Crippen MR) is 97.8 cm³/mol. The van der Waals surface area contributed by atoms with Crippen LogP contribution in [0.15, 0.2) is 22.8 Å². The first kappa shape index (κ1) is 18.5. The number of furan rings is 1. The zero-order valence-corrected chi connectivity index (χ0v) is 15.9. The Morgan fingerprint density at radius 1 is 1.38 bits per heavy atom. The van der Waals surface area contributed by atoms with E-state index in [1.54, 1.807) is 13.2 Å². The van der Waals surface area contributed by atoms with E-state index in [1.807, 2.05) is 37.7 Å². The topological polar surface area (TPSA) is 64.7 Å². The number of esters is 1. The van der Waals surface area contributed by atoms with Crippen LogP contribution in [0.2, 0.25) is 0 Å². The summed E-state index contributed by atoms with van der Waals surface area (Å²) >= 11 is 0. The van der Waals surface area contributed by atoms with Gasteiger partial charge in [0, 0.05) is 36.7 Å². The molecule has 0 aromatic carbocycles. The van der Waals surface area contributed by atoms with Crippen molar-refractivity contribution < 1.29 is 18.7 Å². The molecule has 6 nitrogen and oxygen atoms in total. The van der Waals surface area contributed by atoms with Crippen LogP contribution in [0.25, 0.3) is 0 Å². The third kappa shape index (κ3) is 3.33. The number of hydrogen-bond donors (Lipinski definition) is 0. The lowest BCUT2D eigenvalue weighted by Gasteiger charge is -2.23. The third-order valence-electron chi connectivity index (χ3n) is 4.95. The van der Waals surface area contributed by atoms with Gasteiger partial charge in [0.15, 0.2) is 5.78 Å². The fraction of sp³-hybridized carbons (Fsp3) is 0.500. The molecule has 0 N–H and O–H groups in total. The normalized spacial score (nSPS) is 16.8. The van der Waals surface area contributed by atoms with Gasteiger partial charge in [-0.2, -0.15) is 0 Å². The van der Waals surface area contributed by atoms with Crippen molar-refractivity contribution in [3.05, 3.63) is 46.7 Å². The molecule has 0 saturated carbocycles. The lowest BCUT2D eigenvalue weighted by atomic mass is 9.84. The van der Waals surface area contributed by atoms with Gasteiger partial charge in [-0.1, -0.05) is 0 Å². The molecule has 0 amide bonds. The largest absolute Gasteiger partial charge is 0.469 e. The molecule has 6 heteroatoms. The minimum Gasteiger partial charge on any atom is -0.469 e. The van der Waals surface area contributed by atoms with Crippen LogP contribution in [0, 0.1) is 6.92 Å². The molecule has 1 aliphatic carbocycles. The zero-order chi connectivity index (χ0) is 18.8. The molecule has 26 heavy (non-hydrogen) atoms. The van der Waals surface area contributed by atoms with Gasteiger partial charge in [-0.15, -0.1) is 0 Å². The van der Waals surface area contributed by atoms with Gasteiger partial charge in [0.25, 0.3) is 0 Å². The summed E-state index contributed by atoms with van der Waals surface area (Å²) in [5, 5.41) is 0. The van der Waals surface area contributed by atoms with E-state index in [4.69, 9.17) is 9.15 Å². The number of likely N-dealkylation sites (N-methyl/N-ethyl adjacent to an activating group) is 1. The van der Waals surface area contributed by atoms with Crippen molar-refractivity contribution in [1.82, 2.24) is 9.47 Å². The number of carbonyl (C=O) groups is 2. The molecule has 1 unspecified atom stereocenters. The van der Waals surface area contributed by atoms with E-state index in [0.717, 1.165) is 23.6 Å². The summed E-state index contributed by atoms with van der Waals surface area (Å²) in [7, 11) is 3.98. The highest BCUT2D eigenvalue weighted by molar-refractivity contribution is 6.04. The maximum Gasteiger partial charge on any atom is 0.355 e. The number of rotatable bonds is 6. The Morgan fingerprint density at radius 3 is 2.77 bits per heavy atom. The Bertz CT molecular complexity index is 802. The van der Waals surface area contributed by atoms with E-state index >= 15 is 0 Å². The lowest BCUT2D eigenvalue weighted by molar-refractivity contribution is 0.0511. The first-order valence-electron chi connectivity index (χ1n) is 9.04. The molecule has 2 aromatic rings. The van der Waals surface area contributed by atoms with E-state index in [9.17, 15) is 9.59 Å². The van der Waals surface area contributed by atoms with Crippen LogP contribution in [-0.2, 0) is 17.7 Å². The molecule has 3 rings (SSSR count). The molecule has 2 heterocycles. The highest BCUT2D eigenvalue weighted by atomic mass is 16.5. The SMILES string of the molecule is CCOC(=O)c1c(C)c2c(n1CCN(C)C)CC(c1ccco1)CC2=O. The molecule has 1 atom stereocenters. The number of Topliss-reactive ketones (excluding diaryl/α,β-unsaturated/α-hetero) is 1. The Balaban J connectivity index is 2.07. The molecule has 0 saturated heterocycles. The van der Waals surface area contributed by atoms with E-state index in [1.165, 1.54) is 0 Å². The number of ether oxygens (including phenoxy) is 1. The second-order valence-corrected chi connectivity index (χ2v) is 7.01. The van der Waals surface area contributed by atoms with E-state index in [0.29, 0.717) is 37.3 Å². The maximum atomic E-state index is 12.9. The number of nitrogens with zero attached hydrogens (tertiary/aromatic N) is 2. The van der Waals surface area contributed by atoms with Crippen molar-refractivity contribution in [2.75, 3.05) is 27.2 Å². The van der Waals surface area contributed by atoms with Crippen LogP contribution in [0.1, 0.15) is 57.1 Å². The maximum absolute atomic E-state index is 12.9. The molecular weight excluding hydrogens is 332 g/mol. The quantitative estimate of drug-likeness (QED) is 0.743. The van der Waals surface area contributed by atoms with E-state index in [2.05, 4.69) is 4.90 Å². The Kier molecular flexibility index (Phi) is 5.32. The second-order valence-electron chi connectivity index (χ2n) is 7.01. The number of hydrogen-bond acceptors (Lipinski definition) is 5. The summed E-state index contributed by atoms with van der Waals surface area (Å²) in [5.74, 6) is 0.534. The van der Waals surface area contributed by atoms with Crippen LogP contribution in [0.3, 0.4) is 0 Å². The highest BCUT2D eigenvalue weighted by Gasteiger charge is 2.35. The summed E-state index contributed by atoms with van der Waals surface area (Å²) in [6.07, 6.45) is 2.72. The van der Waals surface area contributed by atoms with Crippen LogP contribution < -0.4 is 0 Å². The number of carbonyl (C=O) groups excluding carboxylic acids is 2. The molecule has 0 radical (unpaired) electrons. The molecule has 1 aliphatic rings. The van der Waals surface area contributed by atoms with Gasteiger partial charge in [-0.3, -0.25) is 4.79 Å². The van der Waals surface area contributed by atoms with E-state index < -0.39 is 0 Å². The van der Waals surface area contributed by atoms with Gasteiger partial charge in [-0.05, 0) is 52.1 Å². The lowest BCUT2D eigenvalue weighted by Crippen LogP contribution is -2.25.